The molecule has 0 aliphatic carbocycles. The molecule has 0 unspecified atom stereocenters. The number of rotatable bonds is 7. The number of ether oxygens (including phenoxy) is 1. The number of thiazole rings is 1. The van der Waals surface area contributed by atoms with Crippen LogP contribution in [-0.2, 0) is 11.2 Å². The van der Waals surface area contributed by atoms with Gasteiger partial charge in [0.25, 0.3) is 5.91 Å². The summed E-state index contributed by atoms with van der Waals surface area (Å²) in [5.41, 5.74) is 6.13. The molecule has 3 aromatic rings. The second kappa shape index (κ2) is 9.52. The largest absolute Gasteiger partial charge is 0.496 e. The summed E-state index contributed by atoms with van der Waals surface area (Å²) in [6.45, 7) is 0. The highest BCUT2D eigenvalue weighted by Crippen LogP contribution is 2.23. The first-order valence-corrected chi connectivity index (χ1v) is 10.0. The Balaban J connectivity index is 1.40. The minimum absolute atomic E-state index is 0.245. The van der Waals surface area contributed by atoms with Crippen molar-refractivity contribution in [3.63, 3.8) is 0 Å². The predicted molar refractivity (Wildman–Crippen MR) is 111 cm³/mol. The minimum Gasteiger partial charge on any atom is -0.496 e. The average molecular weight is 418 g/mol. The van der Waals surface area contributed by atoms with Gasteiger partial charge in [0.15, 0.2) is 0 Å². The Morgan fingerprint density at radius 1 is 1.14 bits per heavy atom. The SMILES string of the molecule is COc1cc(Cl)ccc1C(=O)NNC(=O)CCCCc1nc2ccccc2s1. The molecule has 0 spiro atoms. The maximum Gasteiger partial charge on any atom is 0.273 e. The van der Waals surface area contributed by atoms with Crippen LogP contribution in [-0.4, -0.2) is 23.9 Å². The van der Waals surface area contributed by atoms with E-state index in [1.54, 1.807) is 29.5 Å². The predicted octanol–water partition coefficient (Wildman–Crippen LogP) is 4.13. The fourth-order valence-electron chi connectivity index (χ4n) is 2.70. The van der Waals surface area contributed by atoms with Crippen molar-refractivity contribution in [2.75, 3.05) is 7.11 Å². The first-order chi connectivity index (χ1) is 13.6. The highest BCUT2D eigenvalue weighted by molar-refractivity contribution is 7.18. The van der Waals surface area contributed by atoms with Crippen molar-refractivity contribution < 1.29 is 14.3 Å². The second-order valence-corrected chi connectivity index (χ2v) is 7.68. The lowest BCUT2D eigenvalue weighted by atomic mass is 10.2. The molecule has 6 nitrogen and oxygen atoms in total. The number of para-hydroxylation sites is 1. The Morgan fingerprint density at radius 2 is 1.96 bits per heavy atom. The molecule has 0 saturated heterocycles. The second-order valence-electron chi connectivity index (χ2n) is 6.13. The summed E-state index contributed by atoms with van der Waals surface area (Å²) < 4.78 is 6.31. The number of carbonyl (C=O) groups excluding carboxylic acids is 2. The highest BCUT2D eigenvalue weighted by Gasteiger charge is 2.13. The summed E-state index contributed by atoms with van der Waals surface area (Å²) in [7, 11) is 1.45. The van der Waals surface area contributed by atoms with Gasteiger partial charge in [-0.3, -0.25) is 20.4 Å². The van der Waals surface area contributed by atoms with E-state index in [1.807, 2.05) is 18.2 Å². The van der Waals surface area contributed by atoms with E-state index < -0.39 is 5.91 Å². The quantitative estimate of drug-likeness (QED) is 0.447. The number of methoxy groups -OCH3 is 1. The van der Waals surface area contributed by atoms with Gasteiger partial charge < -0.3 is 4.74 Å². The van der Waals surface area contributed by atoms with Crippen molar-refractivity contribution >= 4 is 45.0 Å². The molecule has 8 heteroatoms. The van der Waals surface area contributed by atoms with Crippen molar-refractivity contribution in [3.05, 3.63) is 58.1 Å². The van der Waals surface area contributed by atoms with Gasteiger partial charge in [0.2, 0.25) is 5.91 Å². The number of hydrogen-bond acceptors (Lipinski definition) is 5. The molecular weight excluding hydrogens is 398 g/mol. The lowest BCUT2D eigenvalue weighted by molar-refractivity contribution is -0.121. The third-order valence-electron chi connectivity index (χ3n) is 4.11. The van der Waals surface area contributed by atoms with Gasteiger partial charge in [-0.05, 0) is 49.6 Å². The average Bonchev–Trinajstić information content (AvgIpc) is 3.12. The number of aryl methyl sites for hydroxylation is 1. The maximum absolute atomic E-state index is 12.2. The van der Waals surface area contributed by atoms with Crippen LogP contribution >= 0.6 is 22.9 Å². The van der Waals surface area contributed by atoms with Crippen LogP contribution in [0.2, 0.25) is 5.02 Å². The van der Waals surface area contributed by atoms with Gasteiger partial charge in [0.05, 0.1) is 27.9 Å². The molecule has 0 saturated carbocycles. The number of hydrazine groups is 1. The van der Waals surface area contributed by atoms with Crippen molar-refractivity contribution in [3.8, 4) is 5.75 Å². The summed E-state index contributed by atoms with van der Waals surface area (Å²) >= 11 is 7.56. The van der Waals surface area contributed by atoms with Crippen LogP contribution in [0.4, 0.5) is 0 Å². The zero-order chi connectivity index (χ0) is 19.9. The first-order valence-electron chi connectivity index (χ1n) is 8.84. The van der Waals surface area contributed by atoms with Gasteiger partial charge >= 0.3 is 0 Å². The first kappa shape index (κ1) is 20.1. The standard InChI is InChI=1S/C20H20ClN3O3S/c1-27-16-12-13(21)10-11-14(16)20(26)24-23-18(25)8-4-5-9-19-22-15-6-2-3-7-17(15)28-19/h2-3,6-7,10-12H,4-5,8-9H2,1H3,(H,23,25)(H,24,26). The normalized spacial score (nSPS) is 10.6. The third-order valence-corrected chi connectivity index (χ3v) is 5.44. The van der Waals surface area contributed by atoms with E-state index in [0.717, 1.165) is 23.4 Å². The van der Waals surface area contributed by atoms with Crippen LogP contribution in [0.5, 0.6) is 5.75 Å². The Labute approximate surface area is 171 Å². The van der Waals surface area contributed by atoms with Gasteiger partial charge in [0, 0.05) is 11.4 Å². The molecule has 1 aromatic heterocycles. The van der Waals surface area contributed by atoms with Crippen LogP contribution in [0.15, 0.2) is 42.5 Å². The number of unbranched alkanes of at least 4 members (excludes halogenated alkanes) is 1. The zero-order valence-corrected chi connectivity index (χ0v) is 16.9. The smallest absolute Gasteiger partial charge is 0.273 e. The summed E-state index contributed by atoms with van der Waals surface area (Å²) in [6.07, 6.45) is 2.72. The number of nitrogens with zero attached hydrogens (tertiary/aromatic N) is 1. The summed E-state index contributed by atoms with van der Waals surface area (Å²) in [6, 6.07) is 12.7. The van der Waals surface area contributed by atoms with E-state index >= 15 is 0 Å². The van der Waals surface area contributed by atoms with Gasteiger partial charge in [-0.2, -0.15) is 0 Å². The number of nitrogens with one attached hydrogen (secondary N) is 2. The molecule has 0 atom stereocenters. The Bertz CT molecular complexity index is 957. The van der Waals surface area contributed by atoms with E-state index in [4.69, 9.17) is 16.3 Å². The van der Waals surface area contributed by atoms with E-state index in [2.05, 4.69) is 21.9 Å². The molecule has 0 radical (unpaired) electrons. The molecule has 0 aliphatic heterocycles. The van der Waals surface area contributed by atoms with Gasteiger partial charge in [0.1, 0.15) is 5.75 Å². The van der Waals surface area contributed by atoms with Crippen LogP contribution in [0, 0.1) is 0 Å². The van der Waals surface area contributed by atoms with E-state index in [1.165, 1.54) is 11.8 Å². The molecular formula is C20H20ClN3O3S. The zero-order valence-electron chi connectivity index (χ0n) is 15.3. The van der Waals surface area contributed by atoms with Crippen molar-refractivity contribution in [1.82, 2.24) is 15.8 Å². The fraction of sp³-hybridized carbons (Fsp3) is 0.250. The van der Waals surface area contributed by atoms with Crippen LogP contribution in [0.3, 0.4) is 0 Å². The number of benzene rings is 2. The van der Waals surface area contributed by atoms with E-state index in [9.17, 15) is 9.59 Å². The molecule has 0 bridgehead atoms. The number of fused-ring (bicyclic) bond motifs is 1. The van der Waals surface area contributed by atoms with Crippen LogP contribution in [0.1, 0.15) is 34.6 Å². The molecule has 3 rings (SSSR count). The van der Waals surface area contributed by atoms with Gasteiger partial charge in [-0.1, -0.05) is 23.7 Å². The van der Waals surface area contributed by atoms with E-state index in [-0.39, 0.29) is 5.91 Å². The molecule has 0 aliphatic rings. The highest BCUT2D eigenvalue weighted by atomic mass is 35.5. The molecule has 2 aromatic carbocycles. The van der Waals surface area contributed by atoms with Crippen LogP contribution < -0.4 is 15.6 Å². The maximum atomic E-state index is 12.2. The number of amides is 2. The number of halogens is 1. The Hall–Kier alpha value is -2.64. The van der Waals surface area contributed by atoms with Crippen molar-refractivity contribution in [2.24, 2.45) is 0 Å². The van der Waals surface area contributed by atoms with Gasteiger partial charge in [-0.25, -0.2) is 4.98 Å². The van der Waals surface area contributed by atoms with E-state index in [0.29, 0.717) is 29.2 Å². The minimum atomic E-state index is -0.462. The van der Waals surface area contributed by atoms with Crippen LogP contribution in [0.25, 0.3) is 10.2 Å². The Morgan fingerprint density at radius 3 is 2.75 bits per heavy atom. The van der Waals surface area contributed by atoms with Gasteiger partial charge in [-0.15, -0.1) is 11.3 Å². The molecule has 1 heterocycles. The lowest BCUT2D eigenvalue weighted by Gasteiger charge is -2.10. The topological polar surface area (TPSA) is 80.3 Å². The van der Waals surface area contributed by atoms with Crippen molar-refractivity contribution in [1.29, 1.82) is 0 Å². The molecule has 28 heavy (non-hydrogen) atoms. The summed E-state index contributed by atoms with van der Waals surface area (Å²) in [4.78, 5) is 28.7. The van der Waals surface area contributed by atoms with Crippen molar-refractivity contribution in [2.45, 2.75) is 25.7 Å². The molecule has 2 amide bonds. The Kier molecular flexibility index (Phi) is 6.84. The fourth-order valence-corrected chi connectivity index (χ4v) is 3.87. The number of hydrogen-bond donors (Lipinski definition) is 2. The number of carbonyl (C=O) groups is 2. The molecule has 0 fully saturated rings. The number of aromatic nitrogens is 1. The summed E-state index contributed by atoms with van der Waals surface area (Å²) in [5.74, 6) is -0.364. The molecule has 146 valence electrons. The lowest BCUT2D eigenvalue weighted by Crippen LogP contribution is -2.41. The monoisotopic (exact) mass is 417 g/mol. The molecule has 2 N–H and O–H groups in total. The summed E-state index contributed by atoms with van der Waals surface area (Å²) in [5, 5.41) is 1.54. The third kappa shape index (κ3) is 5.21.